The monoisotopic (exact) mass is 134 g/mol. The van der Waals surface area contributed by atoms with Gasteiger partial charge in [0, 0.05) is 0 Å². The average molecular weight is 134 g/mol. The minimum atomic E-state index is -3.28. The van der Waals surface area contributed by atoms with E-state index in [2.05, 4.69) is 0 Å². The number of nitrogens with one attached hydrogen (secondary N) is 1. The van der Waals surface area contributed by atoms with E-state index in [-0.39, 0.29) is 5.25 Å². The molecule has 0 aliphatic heterocycles. The van der Waals surface area contributed by atoms with E-state index in [9.17, 15) is 8.42 Å². The highest BCUT2D eigenvalue weighted by Crippen LogP contribution is 2.03. The molecule has 0 saturated heterocycles. The van der Waals surface area contributed by atoms with E-state index in [1.54, 1.807) is 0 Å². The Morgan fingerprint density at radius 2 is 1.88 bits per heavy atom. The molecule has 1 N–H and O–H groups in total. The molecule has 0 bridgehead atoms. The van der Waals surface area contributed by atoms with Crippen LogP contribution in [-0.4, -0.2) is 14.0 Å². The van der Waals surface area contributed by atoms with Crippen LogP contribution >= 0.6 is 0 Å². The SMILES string of the molecule is C[C](C)S(=O)(=O)C=N. The third-order valence-electron chi connectivity index (χ3n) is 0.724. The van der Waals surface area contributed by atoms with E-state index < -0.39 is 9.84 Å². The van der Waals surface area contributed by atoms with Gasteiger partial charge >= 0.3 is 0 Å². The van der Waals surface area contributed by atoms with Gasteiger partial charge in [0.2, 0.25) is 0 Å². The molecule has 0 saturated carbocycles. The zero-order chi connectivity index (χ0) is 6.78. The average Bonchev–Trinajstić information content (AvgIpc) is 1.67. The Labute approximate surface area is 49.1 Å². The van der Waals surface area contributed by atoms with E-state index in [0.717, 1.165) is 0 Å². The topological polar surface area (TPSA) is 58.0 Å². The van der Waals surface area contributed by atoms with Gasteiger partial charge in [-0.25, -0.2) is 8.42 Å². The number of hydrogen-bond acceptors (Lipinski definition) is 3. The fraction of sp³-hybridized carbons (Fsp3) is 0.500. The maximum absolute atomic E-state index is 10.4. The first-order valence-electron chi connectivity index (χ1n) is 2.06. The van der Waals surface area contributed by atoms with Crippen molar-refractivity contribution in [3.63, 3.8) is 0 Å². The molecule has 0 aromatic heterocycles. The summed E-state index contributed by atoms with van der Waals surface area (Å²) in [5.74, 6) is 0. The van der Waals surface area contributed by atoms with E-state index in [1.807, 2.05) is 0 Å². The van der Waals surface area contributed by atoms with Gasteiger partial charge in [-0.1, -0.05) is 0 Å². The molecule has 0 fully saturated rings. The summed E-state index contributed by atoms with van der Waals surface area (Å²) in [5, 5.41) is 6.66. The predicted molar refractivity (Wildman–Crippen MR) is 32.3 cm³/mol. The third kappa shape index (κ3) is 1.61. The summed E-state index contributed by atoms with van der Waals surface area (Å²) in [5.41, 5.74) is 0.447. The molecule has 47 valence electrons. The molecule has 0 spiro atoms. The van der Waals surface area contributed by atoms with Crippen LogP contribution in [0.2, 0.25) is 0 Å². The van der Waals surface area contributed by atoms with Crippen LogP contribution in [0.3, 0.4) is 0 Å². The summed E-state index contributed by atoms with van der Waals surface area (Å²) < 4.78 is 20.8. The van der Waals surface area contributed by atoms with Gasteiger partial charge in [-0.3, -0.25) is 5.41 Å². The van der Waals surface area contributed by atoms with Crippen molar-refractivity contribution in [2.45, 2.75) is 13.8 Å². The second kappa shape index (κ2) is 2.26. The molecule has 0 unspecified atom stereocenters. The molecule has 0 aliphatic rings. The second-order valence-corrected chi connectivity index (χ2v) is 3.71. The van der Waals surface area contributed by atoms with Gasteiger partial charge < -0.3 is 0 Å². The van der Waals surface area contributed by atoms with Crippen LogP contribution in [0.5, 0.6) is 0 Å². The normalized spacial score (nSPS) is 11.9. The summed E-state index contributed by atoms with van der Waals surface area (Å²) in [6.07, 6.45) is 0. The van der Waals surface area contributed by atoms with E-state index in [1.165, 1.54) is 13.8 Å². The summed E-state index contributed by atoms with van der Waals surface area (Å²) in [6, 6.07) is 0. The van der Waals surface area contributed by atoms with E-state index in [0.29, 0.717) is 5.55 Å². The van der Waals surface area contributed by atoms with Crippen molar-refractivity contribution < 1.29 is 8.42 Å². The summed E-state index contributed by atoms with van der Waals surface area (Å²) in [7, 11) is -3.28. The minimum Gasteiger partial charge on any atom is -0.297 e. The molecule has 8 heavy (non-hydrogen) atoms. The van der Waals surface area contributed by atoms with Crippen LogP contribution in [-0.2, 0) is 9.84 Å². The first kappa shape index (κ1) is 7.62. The molecule has 0 aromatic carbocycles. The molecular weight excluding hydrogens is 126 g/mol. The van der Waals surface area contributed by atoms with Crippen molar-refractivity contribution in [1.82, 2.24) is 0 Å². The van der Waals surface area contributed by atoms with Crippen molar-refractivity contribution in [2.75, 3.05) is 0 Å². The van der Waals surface area contributed by atoms with Crippen molar-refractivity contribution in [3.05, 3.63) is 5.25 Å². The van der Waals surface area contributed by atoms with Crippen molar-refractivity contribution in [2.24, 2.45) is 0 Å². The maximum atomic E-state index is 10.4. The van der Waals surface area contributed by atoms with Gasteiger partial charge in [-0.15, -0.1) is 0 Å². The second-order valence-electron chi connectivity index (χ2n) is 1.57. The quantitative estimate of drug-likeness (QED) is 0.443. The zero-order valence-electron chi connectivity index (χ0n) is 4.80. The highest BCUT2D eigenvalue weighted by Gasteiger charge is 2.11. The van der Waals surface area contributed by atoms with Gasteiger partial charge in [-0.05, 0) is 13.8 Å². The Bertz CT molecular complexity index is 168. The van der Waals surface area contributed by atoms with Gasteiger partial charge in [0.15, 0.2) is 9.84 Å². The Morgan fingerprint density at radius 1 is 1.50 bits per heavy atom. The maximum Gasteiger partial charge on any atom is 0.194 e. The lowest BCUT2D eigenvalue weighted by Crippen LogP contribution is -2.05. The largest absolute Gasteiger partial charge is 0.297 e. The number of rotatable bonds is 2. The Kier molecular flexibility index (Phi) is 2.15. The molecule has 0 heterocycles. The fourth-order valence-corrected chi connectivity index (χ4v) is 0.354. The molecule has 0 aromatic rings. The smallest absolute Gasteiger partial charge is 0.194 e. The lowest BCUT2D eigenvalue weighted by Gasteiger charge is -1.95. The highest BCUT2D eigenvalue weighted by atomic mass is 32.2. The number of sulfone groups is 1. The lowest BCUT2D eigenvalue weighted by atomic mass is 10.6. The van der Waals surface area contributed by atoms with Gasteiger partial charge in [-0.2, -0.15) is 0 Å². The summed E-state index contributed by atoms with van der Waals surface area (Å²) >= 11 is 0. The summed E-state index contributed by atoms with van der Waals surface area (Å²) in [6.45, 7) is 2.92. The van der Waals surface area contributed by atoms with Crippen LogP contribution in [0, 0.1) is 10.7 Å². The zero-order valence-corrected chi connectivity index (χ0v) is 5.62. The number of hydrogen-bond donors (Lipinski definition) is 1. The van der Waals surface area contributed by atoms with Crippen LogP contribution in [0.15, 0.2) is 0 Å². The molecule has 3 nitrogen and oxygen atoms in total. The van der Waals surface area contributed by atoms with Crippen LogP contribution in [0.25, 0.3) is 0 Å². The molecular formula is C4H8NO2S. The third-order valence-corrected chi connectivity index (χ3v) is 2.17. The van der Waals surface area contributed by atoms with Gasteiger partial charge in [0.05, 0.1) is 5.25 Å². The Morgan fingerprint density at radius 3 is 1.88 bits per heavy atom. The van der Waals surface area contributed by atoms with Crippen LogP contribution in [0.1, 0.15) is 13.8 Å². The fourth-order valence-electron chi connectivity index (χ4n) is 0.118. The molecule has 4 heteroatoms. The van der Waals surface area contributed by atoms with Crippen molar-refractivity contribution in [3.8, 4) is 0 Å². The molecule has 1 radical (unpaired) electrons. The van der Waals surface area contributed by atoms with Crippen molar-refractivity contribution >= 4 is 15.4 Å². The predicted octanol–water partition coefficient (Wildman–Crippen LogP) is 0.580. The van der Waals surface area contributed by atoms with E-state index in [4.69, 9.17) is 5.41 Å². The molecule has 0 aliphatic carbocycles. The van der Waals surface area contributed by atoms with Crippen LogP contribution < -0.4 is 0 Å². The highest BCUT2D eigenvalue weighted by molar-refractivity contribution is 8.06. The van der Waals surface area contributed by atoms with Gasteiger partial charge in [0.25, 0.3) is 0 Å². The van der Waals surface area contributed by atoms with Crippen molar-refractivity contribution in [1.29, 1.82) is 5.41 Å². The van der Waals surface area contributed by atoms with Crippen LogP contribution in [0.4, 0.5) is 0 Å². The lowest BCUT2D eigenvalue weighted by molar-refractivity contribution is 0.608. The minimum absolute atomic E-state index is 0.257. The molecule has 0 rings (SSSR count). The van der Waals surface area contributed by atoms with Gasteiger partial charge in [0.1, 0.15) is 5.55 Å². The van der Waals surface area contributed by atoms with E-state index >= 15 is 0 Å². The molecule has 0 amide bonds. The molecule has 0 atom stereocenters. The summed E-state index contributed by atoms with van der Waals surface area (Å²) in [4.78, 5) is 0. The standard InChI is InChI=1S/C4H8NO2S/c1-4(2)8(6,7)3-5/h3,5H,1-2H3. The first-order valence-corrected chi connectivity index (χ1v) is 3.61. The Hall–Kier alpha value is -0.380. The first-order chi connectivity index (χ1) is 3.50. The Balaban J connectivity index is 4.40.